The number of hydrogen-bond donors (Lipinski definition) is 2. The zero-order valence-corrected chi connectivity index (χ0v) is 17.5. The summed E-state index contributed by atoms with van der Waals surface area (Å²) in [4.78, 5) is 10.9. The third-order valence-corrected chi connectivity index (χ3v) is 4.10. The molecule has 1 amide bonds. The second-order valence-electron chi connectivity index (χ2n) is 5.68. The number of carbonyl (C=O) groups excluding carboxylic acids is 1. The van der Waals surface area contributed by atoms with E-state index in [1.165, 1.54) is 32.1 Å². The molecule has 25 heavy (non-hydrogen) atoms. The smallest absolute Gasteiger partial charge is 0.255 e. The van der Waals surface area contributed by atoms with Gasteiger partial charge >= 0.3 is 0 Å². The average Bonchev–Trinajstić information content (AvgIpc) is 2.53. The van der Waals surface area contributed by atoms with Gasteiger partial charge in [0.05, 0.1) is 11.1 Å². The van der Waals surface area contributed by atoms with Crippen LogP contribution >= 0.6 is 28.3 Å². The van der Waals surface area contributed by atoms with E-state index in [-0.39, 0.29) is 19.0 Å². The van der Waals surface area contributed by atoms with Crippen LogP contribution < -0.4 is 20.5 Å². The molecule has 0 atom stereocenters. The standard InChI is InChI=1S/C18H29BrN2O3.ClH/c1-3-5-6-7-8-9-21-12-14-10-15(19)18(24-13-17(20)22)16(11-14)23-4-2;/h10-11,21H,3-9,12-13H2,1-2H3,(H2,20,22);1H. The van der Waals surface area contributed by atoms with Crippen molar-refractivity contribution in [1.82, 2.24) is 5.32 Å². The minimum atomic E-state index is -0.516. The number of ether oxygens (including phenoxy) is 2. The molecular weight excluding hydrogens is 408 g/mol. The first-order chi connectivity index (χ1) is 11.6. The molecule has 0 spiro atoms. The molecule has 7 heteroatoms. The zero-order chi connectivity index (χ0) is 17.8. The van der Waals surface area contributed by atoms with Gasteiger partial charge < -0.3 is 20.5 Å². The molecule has 0 radical (unpaired) electrons. The molecule has 0 saturated heterocycles. The van der Waals surface area contributed by atoms with Crippen LogP contribution in [0.25, 0.3) is 0 Å². The van der Waals surface area contributed by atoms with E-state index in [4.69, 9.17) is 15.2 Å². The van der Waals surface area contributed by atoms with Crippen LogP contribution in [0.2, 0.25) is 0 Å². The number of nitrogens with one attached hydrogen (secondary N) is 1. The second kappa shape index (κ2) is 14.2. The van der Waals surface area contributed by atoms with Crippen molar-refractivity contribution >= 4 is 34.2 Å². The number of nitrogens with two attached hydrogens (primary N) is 1. The van der Waals surface area contributed by atoms with E-state index >= 15 is 0 Å². The molecule has 144 valence electrons. The predicted molar refractivity (Wildman–Crippen MR) is 108 cm³/mol. The van der Waals surface area contributed by atoms with Gasteiger partial charge in [0.25, 0.3) is 5.91 Å². The number of carbonyl (C=O) groups is 1. The van der Waals surface area contributed by atoms with Crippen LogP contribution in [0.3, 0.4) is 0 Å². The summed E-state index contributed by atoms with van der Waals surface area (Å²) in [5, 5.41) is 3.45. The van der Waals surface area contributed by atoms with E-state index in [1.54, 1.807) is 0 Å². The molecule has 0 aliphatic carbocycles. The SMILES string of the molecule is CCCCCCCNCc1cc(Br)c(OCC(N)=O)c(OCC)c1.Cl. The topological polar surface area (TPSA) is 73.6 Å². The normalized spacial score (nSPS) is 10.2. The van der Waals surface area contributed by atoms with Crippen LogP contribution in [0.15, 0.2) is 16.6 Å². The number of primary amides is 1. The van der Waals surface area contributed by atoms with Gasteiger partial charge in [-0.1, -0.05) is 32.6 Å². The van der Waals surface area contributed by atoms with Gasteiger partial charge in [-0.3, -0.25) is 4.79 Å². The van der Waals surface area contributed by atoms with E-state index < -0.39 is 5.91 Å². The maximum atomic E-state index is 10.9. The van der Waals surface area contributed by atoms with Crippen LogP contribution in [-0.2, 0) is 11.3 Å². The van der Waals surface area contributed by atoms with Gasteiger partial charge in [0.15, 0.2) is 18.1 Å². The van der Waals surface area contributed by atoms with Crippen molar-refractivity contribution in [3.63, 3.8) is 0 Å². The molecule has 0 heterocycles. The molecule has 0 aromatic heterocycles. The number of benzene rings is 1. The summed E-state index contributed by atoms with van der Waals surface area (Å²) >= 11 is 3.48. The van der Waals surface area contributed by atoms with Crippen LogP contribution in [0.1, 0.15) is 51.5 Å². The van der Waals surface area contributed by atoms with E-state index in [9.17, 15) is 4.79 Å². The summed E-state index contributed by atoms with van der Waals surface area (Å²) in [6, 6.07) is 3.91. The van der Waals surface area contributed by atoms with E-state index in [2.05, 4.69) is 28.2 Å². The van der Waals surface area contributed by atoms with Gasteiger partial charge in [-0.25, -0.2) is 0 Å². The summed E-state index contributed by atoms with van der Waals surface area (Å²) in [6.07, 6.45) is 6.36. The van der Waals surface area contributed by atoms with Crippen LogP contribution in [0.5, 0.6) is 11.5 Å². The van der Waals surface area contributed by atoms with Crippen molar-refractivity contribution in [3.8, 4) is 11.5 Å². The first-order valence-corrected chi connectivity index (χ1v) is 9.44. The summed E-state index contributed by atoms with van der Waals surface area (Å²) < 4.78 is 11.8. The zero-order valence-electron chi connectivity index (χ0n) is 15.1. The molecule has 0 saturated carbocycles. The van der Waals surface area contributed by atoms with Gasteiger partial charge in [0, 0.05) is 6.54 Å². The van der Waals surface area contributed by atoms with E-state index in [1.807, 2.05) is 19.1 Å². The van der Waals surface area contributed by atoms with Gasteiger partial charge in [-0.2, -0.15) is 0 Å². The molecule has 0 unspecified atom stereocenters. The average molecular weight is 438 g/mol. The van der Waals surface area contributed by atoms with Gasteiger partial charge in [-0.05, 0) is 53.5 Å². The molecule has 0 fully saturated rings. The highest BCUT2D eigenvalue weighted by Gasteiger charge is 2.13. The Hall–Kier alpha value is -0.980. The second-order valence-corrected chi connectivity index (χ2v) is 6.54. The van der Waals surface area contributed by atoms with Crippen molar-refractivity contribution in [2.45, 2.75) is 52.5 Å². The lowest BCUT2D eigenvalue weighted by Crippen LogP contribution is -2.20. The monoisotopic (exact) mass is 436 g/mol. The van der Waals surface area contributed by atoms with Crippen LogP contribution in [0, 0.1) is 0 Å². The maximum absolute atomic E-state index is 10.9. The summed E-state index contributed by atoms with van der Waals surface area (Å²) in [7, 11) is 0. The van der Waals surface area contributed by atoms with E-state index in [0.29, 0.717) is 18.1 Å². The molecule has 1 aromatic carbocycles. The van der Waals surface area contributed by atoms with E-state index in [0.717, 1.165) is 23.1 Å². The summed E-state index contributed by atoms with van der Waals surface area (Å²) in [5.74, 6) is 0.616. The van der Waals surface area contributed by atoms with Crippen molar-refractivity contribution in [2.75, 3.05) is 19.8 Å². The highest BCUT2D eigenvalue weighted by atomic mass is 79.9. The first-order valence-electron chi connectivity index (χ1n) is 8.65. The van der Waals surface area contributed by atoms with Crippen molar-refractivity contribution in [1.29, 1.82) is 0 Å². The highest BCUT2D eigenvalue weighted by molar-refractivity contribution is 9.10. The Labute approximate surface area is 165 Å². The minimum Gasteiger partial charge on any atom is -0.490 e. The third-order valence-electron chi connectivity index (χ3n) is 3.51. The van der Waals surface area contributed by atoms with Gasteiger partial charge in [0.1, 0.15) is 0 Å². The van der Waals surface area contributed by atoms with Crippen molar-refractivity contribution in [2.24, 2.45) is 5.73 Å². The molecule has 0 aliphatic rings. The van der Waals surface area contributed by atoms with Crippen molar-refractivity contribution in [3.05, 3.63) is 22.2 Å². The number of unbranched alkanes of at least 4 members (excludes halogenated alkanes) is 4. The Bertz CT molecular complexity index is 515. The fourth-order valence-electron chi connectivity index (χ4n) is 2.36. The fourth-order valence-corrected chi connectivity index (χ4v) is 2.96. The first kappa shape index (κ1) is 24.0. The molecule has 3 N–H and O–H groups in total. The third kappa shape index (κ3) is 9.92. The molecule has 0 bridgehead atoms. The number of halogens is 2. The quantitative estimate of drug-likeness (QED) is 0.454. The number of hydrogen-bond acceptors (Lipinski definition) is 4. The lowest BCUT2D eigenvalue weighted by molar-refractivity contribution is -0.119. The Morgan fingerprint density at radius 1 is 1.16 bits per heavy atom. The van der Waals surface area contributed by atoms with Crippen LogP contribution in [-0.4, -0.2) is 25.7 Å². The Morgan fingerprint density at radius 3 is 2.52 bits per heavy atom. The largest absolute Gasteiger partial charge is 0.490 e. The maximum Gasteiger partial charge on any atom is 0.255 e. The molecule has 5 nitrogen and oxygen atoms in total. The Balaban J connectivity index is 0.00000576. The minimum absolute atomic E-state index is 0. The molecule has 1 aromatic rings. The van der Waals surface area contributed by atoms with Gasteiger partial charge in [0.2, 0.25) is 0 Å². The Morgan fingerprint density at radius 2 is 1.88 bits per heavy atom. The lowest BCUT2D eigenvalue weighted by atomic mass is 10.1. The predicted octanol–water partition coefficient (Wildman–Crippen LogP) is 4.19. The molecule has 0 aliphatic heterocycles. The summed E-state index contributed by atoms with van der Waals surface area (Å²) in [6.45, 7) is 6.26. The van der Waals surface area contributed by atoms with Crippen molar-refractivity contribution < 1.29 is 14.3 Å². The fraction of sp³-hybridized carbons (Fsp3) is 0.611. The summed E-state index contributed by atoms with van der Waals surface area (Å²) in [5.41, 5.74) is 6.24. The number of rotatable bonds is 13. The number of amides is 1. The van der Waals surface area contributed by atoms with Gasteiger partial charge in [-0.15, -0.1) is 12.4 Å². The molecular formula is C18H30BrClN2O3. The Kier molecular flexibility index (Phi) is 13.7. The molecule has 1 rings (SSSR count). The highest BCUT2D eigenvalue weighted by Crippen LogP contribution is 2.36. The lowest BCUT2D eigenvalue weighted by Gasteiger charge is -2.15. The van der Waals surface area contributed by atoms with Crippen LogP contribution in [0.4, 0.5) is 0 Å².